The number of nitrogens with zero attached hydrogens (tertiary/aromatic N) is 2. The molecule has 0 radical (unpaired) electrons. The Balaban J connectivity index is 3.37. The van der Waals surface area contributed by atoms with Crippen LogP contribution < -0.4 is 37.3 Å². The van der Waals surface area contributed by atoms with Crippen molar-refractivity contribution in [1.29, 1.82) is 0 Å². The standard InChI is InChI=1S/C39H60F3N9O16/c1-8-13-51(38(67)39(40,41)42)49-34(63)24-10-9-14-50(24)37(66)29(18(4)5)47-35(64)28(17(2)3)46-33(62)23(16-27(58)59)45-31(60)21(11-12-25(54)55)44-36(65)30(19(6)52)48-32(61)22(15-26(56)57)43-20(7)53/h17-19,21-24,28-30,52H,8-16H2,1-7H3,(H,43,53)(H,44,65)(H,45,60)(H,46,62)(H,47,64)(H,48,61)(H,49,63)(H,54,55)(H,56,57)(H,58,59)/t19-,21+,22+,23+,24+,28+,29+,30+/m1/s1. The smallest absolute Gasteiger partial charge is 0.473 e. The Labute approximate surface area is 382 Å². The van der Waals surface area contributed by atoms with Crippen LogP contribution in [-0.2, 0) is 57.5 Å². The molecule has 28 heteroatoms. The van der Waals surface area contributed by atoms with Gasteiger partial charge in [-0.1, -0.05) is 34.6 Å². The number of alkyl halides is 3. The van der Waals surface area contributed by atoms with E-state index in [1.807, 2.05) is 10.7 Å². The average molecular weight is 968 g/mol. The van der Waals surface area contributed by atoms with Gasteiger partial charge >= 0.3 is 30.0 Å². The molecule has 1 saturated heterocycles. The maximum absolute atomic E-state index is 13.9. The molecule has 1 rings (SSSR count). The maximum Gasteiger partial charge on any atom is 0.473 e. The van der Waals surface area contributed by atoms with E-state index in [9.17, 15) is 86.0 Å². The number of carbonyl (C=O) groups is 12. The Morgan fingerprint density at radius 3 is 1.57 bits per heavy atom. The third-order valence-corrected chi connectivity index (χ3v) is 9.92. The highest BCUT2D eigenvalue weighted by molar-refractivity contribution is 5.99. The van der Waals surface area contributed by atoms with Crippen molar-refractivity contribution in [3.05, 3.63) is 0 Å². The van der Waals surface area contributed by atoms with E-state index in [1.165, 1.54) is 34.6 Å². The second-order valence-corrected chi connectivity index (χ2v) is 16.3. The summed E-state index contributed by atoms with van der Waals surface area (Å²) in [5, 5.41) is 51.6. The third-order valence-electron chi connectivity index (χ3n) is 9.92. The second-order valence-electron chi connectivity index (χ2n) is 16.3. The molecule has 1 aliphatic rings. The molecular formula is C39H60F3N9O16. The van der Waals surface area contributed by atoms with Crippen LogP contribution in [0.4, 0.5) is 13.2 Å². The molecule has 0 aromatic rings. The Morgan fingerprint density at radius 2 is 1.12 bits per heavy atom. The van der Waals surface area contributed by atoms with Crippen molar-refractivity contribution >= 4 is 71.1 Å². The zero-order valence-electron chi connectivity index (χ0n) is 37.9. The van der Waals surface area contributed by atoms with Crippen LogP contribution in [0.1, 0.15) is 93.4 Å². The third kappa shape index (κ3) is 19.0. The van der Waals surface area contributed by atoms with Crippen molar-refractivity contribution in [1.82, 2.24) is 47.2 Å². The molecule has 0 unspecified atom stereocenters. The molecule has 1 fully saturated rings. The van der Waals surface area contributed by atoms with Gasteiger partial charge in [-0.2, -0.15) is 13.2 Å². The number of hydrogen-bond acceptors (Lipinski definition) is 13. The van der Waals surface area contributed by atoms with Gasteiger partial charge in [0.05, 0.1) is 18.9 Å². The van der Waals surface area contributed by atoms with E-state index in [2.05, 4.69) is 26.6 Å². The van der Waals surface area contributed by atoms with Crippen LogP contribution in [0.25, 0.3) is 0 Å². The van der Waals surface area contributed by atoms with Gasteiger partial charge in [0, 0.05) is 26.4 Å². The fraction of sp³-hybridized carbons (Fsp3) is 0.692. The van der Waals surface area contributed by atoms with Gasteiger partial charge in [0.25, 0.3) is 5.91 Å². The molecule has 9 amide bonds. The van der Waals surface area contributed by atoms with Crippen molar-refractivity contribution in [2.45, 2.75) is 148 Å². The Hall–Kier alpha value is -6.61. The largest absolute Gasteiger partial charge is 0.481 e. The number of rotatable bonds is 25. The summed E-state index contributed by atoms with van der Waals surface area (Å²) in [6.07, 6.45) is -10.5. The SMILES string of the molecule is CCCN(NC(=O)[C@@H]1CCCN1C(=O)[C@@H](NC(=O)[C@@H](NC(=O)[C@H](CC(=O)O)NC(=O)[C@H](CCC(=O)O)NC(=O)[C@@H](NC(=O)[C@H](CC(=O)O)NC(C)=O)[C@@H](C)O)C(C)C)C(C)C)C(=O)C(F)(F)F. The van der Waals surface area contributed by atoms with Crippen molar-refractivity contribution in [2.24, 2.45) is 11.8 Å². The molecule has 0 bridgehead atoms. The first-order valence-electron chi connectivity index (χ1n) is 21.0. The van der Waals surface area contributed by atoms with Gasteiger partial charge in [0.2, 0.25) is 41.4 Å². The molecular weight excluding hydrogens is 907 g/mol. The molecule has 378 valence electrons. The zero-order chi connectivity index (χ0) is 51.7. The highest BCUT2D eigenvalue weighted by Gasteiger charge is 2.45. The highest BCUT2D eigenvalue weighted by Crippen LogP contribution is 2.22. The summed E-state index contributed by atoms with van der Waals surface area (Å²) in [5.74, 6) is -17.5. The quantitative estimate of drug-likeness (QED) is 0.0413. The van der Waals surface area contributed by atoms with Gasteiger partial charge in [-0.15, -0.1) is 0 Å². The first-order valence-corrected chi connectivity index (χ1v) is 21.0. The minimum Gasteiger partial charge on any atom is -0.481 e. The van der Waals surface area contributed by atoms with Crippen LogP contribution >= 0.6 is 0 Å². The number of halogens is 3. The molecule has 8 atom stereocenters. The molecule has 0 aromatic heterocycles. The highest BCUT2D eigenvalue weighted by atomic mass is 19.4. The summed E-state index contributed by atoms with van der Waals surface area (Å²) < 4.78 is 39.6. The van der Waals surface area contributed by atoms with E-state index >= 15 is 0 Å². The number of aliphatic hydroxyl groups excluding tert-OH is 1. The number of hydrogen-bond donors (Lipinski definition) is 11. The van der Waals surface area contributed by atoms with Crippen LogP contribution in [0.5, 0.6) is 0 Å². The van der Waals surface area contributed by atoms with E-state index in [1.54, 1.807) is 0 Å². The summed E-state index contributed by atoms with van der Waals surface area (Å²) >= 11 is 0. The summed E-state index contributed by atoms with van der Waals surface area (Å²) in [4.78, 5) is 154. The summed E-state index contributed by atoms with van der Waals surface area (Å²) in [6.45, 7) is 8.80. The van der Waals surface area contributed by atoms with Crippen molar-refractivity contribution in [3.8, 4) is 0 Å². The predicted molar refractivity (Wildman–Crippen MR) is 221 cm³/mol. The Kier molecular flexibility index (Phi) is 23.1. The number of amides is 9. The monoisotopic (exact) mass is 967 g/mol. The van der Waals surface area contributed by atoms with Gasteiger partial charge < -0.3 is 57.2 Å². The van der Waals surface area contributed by atoms with Crippen LogP contribution in [0.15, 0.2) is 0 Å². The normalized spacial score (nSPS) is 16.7. The topological polar surface area (TPSA) is 376 Å². The van der Waals surface area contributed by atoms with Crippen LogP contribution in [0, 0.1) is 11.8 Å². The summed E-state index contributed by atoms with van der Waals surface area (Å²) in [7, 11) is 0. The van der Waals surface area contributed by atoms with Gasteiger partial charge in [-0.3, -0.25) is 63.0 Å². The summed E-state index contributed by atoms with van der Waals surface area (Å²) in [5.41, 5.74) is 1.93. The number of aliphatic hydroxyl groups is 1. The molecule has 0 aliphatic carbocycles. The molecule has 0 spiro atoms. The van der Waals surface area contributed by atoms with E-state index < -0.39 is 170 Å². The molecule has 11 N–H and O–H groups in total. The van der Waals surface area contributed by atoms with Crippen molar-refractivity contribution < 1.29 is 91.1 Å². The lowest BCUT2D eigenvalue weighted by Crippen LogP contribution is -2.62. The van der Waals surface area contributed by atoms with Gasteiger partial charge in [-0.05, 0) is 44.4 Å². The molecule has 0 aromatic carbocycles. The lowest BCUT2D eigenvalue weighted by Gasteiger charge is -2.33. The molecule has 25 nitrogen and oxygen atoms in total. The second kappa shape index (κ2) is 26.5. The van der Waals surface area contributed by atoms with E-state index in [0.717, 1.165) is 18.7 Å². The predicted octanol–water partition coefficient (Wildman–Crippen LogP) is -2.75. The average Bonchev–Trinajstić information content (AvgIpc) is 3.70. The molecule has 1 aliphatic heterocycles. The van der Waals surface area contributed by atoms with Gasteiger partial charge in [0.15, 0.2) is 0 Å². The summed E-state index contributed by atoms with van der Waals surface area (Å²) in [6, 6.07) is -12.0. The van der Waals surface area contributed by atoms with Crippen molar-refractivity contribution in [2.75, 3.05) is 13.1 Å². The molecule has 1 heterocycles. The Bertz CT molecular complexity index is 1850. The first-order chi connectivity index (χ1) is 30.9. The number of carboxylic acids is 3. The maximum atomic E-state index is 13.9. The minimum absolute atomic E-state index is 0.00856. The van der Waals surface area contributed by atoms with E-state index in [-0.39, 0.29) is 30.8 Å². The van der Waals surface area contributed by atoms with Gasteiger partial charge in [-0.25, -0.2) is 5.01 Å². The van der Waals surface area contributed by atoms with E-state index in [4.69, 9.17) is 5.11 Å². The zero-order valence-corrected chi connectivity index (χ0v) is 37.9. The number of carboxylic acid groups (broad SMARTS) is 3. The lowest BCUT2D eigenvalue weighted by atomic mass is 9.98. The minimum atomic E-state index is -5.31. The number of carbonyl (C=O) groups excluding carboxylic acids is 9. The fourth-order valence-electron chi connectivity index (χ4n) is 6.56. The lowest BCUT2D eigenvalue weighted by molar-refractivity contribution is -0.189. The molecule has 0 saturated carbocycles. The van der Waals surface area contributed by atoms with Crippen molar-refractivity contribution in [3.63, 3.8) is 0 Å². The number of aliphatic carboxylic acids is 3. The van der Waals surface area contributed by atoms with E-state index in [0.29, 0.717) is 0 Å². The van der Waals surface area contributed by atoms with Crippen LogP contribution in [0.3, 0.4) is 0 Å². The number of hydrazine groups is 1. The Morgan fingerprint density at radius 1 is 0.657 bits per heavy atom. The fourth-order valence-corrected chi connectivity index (χ4v) is 6.56. The first kappa shape index (κ1) is 58.4. The number of likely N-dealkylation sites (tertiary alicyclic amines) is 1. The van der Waals surface area contributed by atoms with Gasteiger partial charge in [0.1, 0.15) is 42.3 Å². The number of nitrogens with one attached hydrogen (secondary N) is 7. The molecule has 67 heavy (non-hydrogen) atoms. The van der Waals surface area contributed by atoms with Crippen LogP contribution in [0.2, 0.25) is 0 Å². The van der Waals surface area contributed by atoms with Crippen LogP contribution in [-0.4, -0.2) is 169 Å².